The summed E-state index contributed by atoms with van der Waals surface area (Å²) in [6.45, 7) is 3.61. The molecule has 0 unspecified atom stereocenters. The van der Waals surface area contributed by atoms with E-state index in [1.807, 2.05) is 37.8 Å². The quantitative estimate of drug-likeness (QED) is 0.452. The number of nitrogens with zero attached hydrogens (tertiary/aromatic N) is 7. The van der Waals surface area contributed by atoms with E-state index in [1.54, 1.807) is 27.5 Å². The van der Waals surface area contributed by atoms with E-state index in [-0.39, 0.29) is 23.7 Å². The molecule has 1 saturated heterocycles. The van der Waals surface area contributed by atoms with Gasteiger partial charge in [0.1, 0.15) is 23.4 Å². The smallest absolute Gasteiger partial charge is 0.245 e. The van der Waals surface area contributed by atoms with E-state index in [0.29, 0.717) is 36.5 Å². The zero-order valence-electron chi connectivity index (χ0n) is 20.3. The normalized spacial score (nSPS) is 19.1. The number of ether oxygens (including phenoxy) is 1. The molecule has 0 spiro atoms. The third-order valence-corrected chi connectivity index (χ3v) is 7.30. The Balaban J connectivity index is 1.57. The number of aromatic nitrogens is 6. The van der Waals surface area contributed by atoms with Gasteiger partial charge in [0.2, 0.25) is 5.91 Å². The number of hydrogen-bond donors (Lipinski definition) is 0. The summed E-state index contributed by atoms with van der Waals surface area (Å²) >= 11 is 0. The lowest BCUT2D eigenvalue weighted by atomic mass is 9.98. The number of hydrogen-bond acceptors (Lipinski definition) is 5. The van der Waals surface area contributed by atoms with E-state index in [4.69, 9.17) is 9.72 Å². The van der Waals surface area contributed by atoms with Gasteiger partial charge in [0.15, 0.2) is 0 Å². The molecule has 1 atom stereocenters. The summed E-state index contributed by atoms with van der Waals surface area (Å²) in [6.07, 6.45) is 5.33. The minimum absolute atomic E-state index is 0.0387. The van der Waals surface area contributed by atoms with Crippen LogP contribution in [0.3, 0.4) is 0 Å². The zero-order valence-corrected chi connectivity index (χ0v) is 20.3. The Morgan fingerprint density at radius 1 is 1.11 bits per heavy atom. The highest BCUT2D eigenvalue weighted by Crippen LogP contribution is 2.40. The highest BCUT2D eigenvalue weighted by Gasteiger charge is 2.36. The fourth-order valence-electron chi connectivity index (χ4n) is 5.48. The third-order valence-electron chi connectivity index (χ3n) is 7.30. The molecular weight excluding hydrogens is 449 g/mol. The monoisotopic (exact) mass is 477 g/mol. The molecule has 1 fully saturated rings. The predicted molar refractivity (Wildman–Crippen MR) is 128 cm³/mol. The number of likely N-dealkylation sites (N-methyl/N-ethyl adjacent to an activating group) is 1. The number of benzene rings is 1. The van der Waals surface area contributed by atoms with E-state index in [0.717, 1.165) is 41.0 Å². The second kappa shape index (κ2) is 8.01. The molecule has 0 radical (unpaired) electrons. The van der Waals surface area contributed by atoms with Crippen LogP contribution >= 0.6 is 0 Å². The second-order valence-corrected chi connectivity index (χ2v) is 9.62. The molecule has 1 aromatic carbocycles. The average molecular weight is 478 g/mol. The number of carbonyl (C=O) groups is 1. The maximum absolute atomic E-state index is 15.7. The number of imidazole rings is 1. The van der Waals surface area contributed by atoms with Crippen LogP contribution in [0.1, 0.15) is 43.2 Å². The summed E-state index contributed by atoms with van der Waals surface area (Å²) in [6, 6.07) is 2.98. The maximum atomic E-state index is 15.7. The Kier molecular flexibility index (Phi) is 5.03. The van der Waals surface area contributed by atoms with Gasteiger partial charge < -0.3 is 14.2 Å². The Morgan fingerprint density at radius 3 is 2.60 bits per heavy atom. The number of fused-ring (bicyclic) bond motifs is 2. The van der Waals surface area contributed by atoms with E-state index in [2.05, 4.69) is 10.2 Å². The molecule has 0 N–H and O–H groups in total. The Labute approximate surface area is 202 Å². The van der Waals surface area contributed by atoms with Gasteiger partial charge in [-0.2, -0.15) is 10.2 Å². The first kappa shape index (κ1) is 22.0. The fraction of sp³-hybridized carbons (Fsp3) is 0.440. The minimum atomic E-state index is -0.390. The minimum Gasteiger partial charge on any atom is -0.381 e. The van der Waals surface area contributed by atoms with Crippen molar-refractivity contribution >= 4 is 16.8 Å². The molecule has 0 aliphatic carbocycles. The van der Waals surface area contributed by atoms with Crippen LogP contribution < -0.4 is 0 Å². The van der Waals surface area contributed by atoms with Gasteiger partial charge >= 0.3 is 0 Å². The lowest BCUT2D eigenvalue weighted by Crippen LogP contribution is -2.40. The van der Waals surface area contributed by atoms with Crippen molar-refractivity contribution in [3.63, 3.8) is 0 Å². The topological polar surface area (TPSA) is 83.0 Å². The molecule has 182 valence electrons. The van der Waals surface area contributed by atoms with Crippen LogP contribution in [0.25, 0.3) is 33.4 Å². The van der Waals surface area contributed by atoms with Crippen LogP contribution in [0.5, 0.6) is 0 Å². The standard InChI is InChI=1S/C25H28FN7O2/c1-14-25(34)30(2)13-21-23(28-24(33(14)21)15-5-7-35-8-6-15)17-9-18-20(10-19(17)26)32(4)29-22(18)16-11-27-31(3)12-16/h9-12,14-15H,5-8,13H2,1-4H3/t14-/m0/s1. The van der Waals surface area contributed by atoms with Gasteiger partial charge in [0, 0.05) is 69.1 Å². The molecular formula is C25H28FN7O2. The summed E-state index contributed by atoms with van der Waals surface area (Å²) in [7, 11) is 5.45. The van der Waals surface area contributed by atoms with Crippen molar-refractivity contribution in [2.45, 2.75) is 38.3 Å². The SMILES string of the molecule is C[C@H]1C(=O)N(C)Cc2c(-c3cc4c(-c5cnn(C)c5)nn(C)c4cc3F)nc(C3CCOCC3)n21. The number of amides is 1. The first-order chi connectivity index (χ1) is 16.8. The van der Waals surface area contributed by atoms with Crippen LogP contribution in [-0.2, 0) is 30.2 Å². The number of halogens is 1. The van der Waals surface area contributed by atoms with Crippen LogP contribution in [0, 0.1) is 5.82 Å². The number of rotatable bonds is 3. The van der Waals surface area contributed by atoms with Gasteiger partial charge in [-0.15, -0.1) is 0 Å². The molecule has 5 heterocycles. The molecule has 3 aromatic heterocycles. The van der Waals surface area contributed by atoms with Crippen molar-refractivity contribution in [2.24, 2.45) is 14.1 Å². The first-order valence-corrected chi connectivity index (χ1v) is 11.9. The molecule has 2 aliphatic heterocycles. The van der Waals surface area contributed by atoms with Crippen LogP contribution in [0.4, 0.5) is 4.39 Å². The van der Waals surface area contributed by atoms with Gasteiger partial charge in [-0.25, -0.2) is 9.37 Å². The van der Waals surface area contributed by atoms with Crippen molar-refractivity contribution in [2.75, 3.05) is 20.3 Å². The lowest BCUT2D eigenvalue weighted by Gasteiger charge is -2.32. The molecule has 4 aromatic rings. The van der Waals surface area contributed by atoms with E-state index < -0.39 is 0 Å². The molecule has 10 heteroatoms. The summed E-state index contributed by atoms with van der Waals surface area (Å²) in [4.78, 5) is 19.6. The van der Waals surface area contributed by atoms with Gasteiger partial charge in [0.25, 0.3) is 0 Å². The third kappa shape index (κ3) is 3.38. The summed E-state index contributed by atoms with van der Waals surface area (Å²) in [5.74, 6) is 0.707. The van der Waals surface area contributed by atoms with Crippen molar-refractivity contribution < 1.29 is 13.9 Å². The molecule has 2 aliphatic rings. The lowest BCUT2D eigenvalue weighted by molar-refractivity contribution is -0.135. The van der Waals surface area contributed by atoms with Gasteiger partial charge in [-0.3, -0.25) is 14.2 Å². The number of aryl methyl sites for hydroxylation is 2. The highest BCUT2D eigenvalue weighted by molar-refractivity contribution is 5.96. The Morgan fingerprint density at radius 2 is 1.89 bits per heavy atom. The summed E-state index contributed by atoms with van der Waals surface area (Å²) in [5.41, 5.74) is 4.19. The molecule has 0 saturated carbocycles. The van der Waals surface area contributed by atoms with Crippen LogP contribution in [0.2, 0.25) is 0 Å². The first-order valence-electron chi connectivity index (χ1n) is 11.9. The van der Waals surface area contributed by atoms with Crippen molar-refractivity contribution in [1.29, 1.82) is 0 Å². The molecule has 35 heavy (non-hydrogen) atoms. The maximum Gasteiger partial charge on any atom is 0.245 e. The zero-order chi connectivity index (χ0) is 24.4. The fourth-order valence-corrected chi connectivity index (χ4v) is 5.48. The Bertz CT molecular complexity index is 1460. The average Bonchev–Trinajstić information content (AvgIpc) is 3.53. The summed E-state index contributed by atoms with van der Waals surface area (Å²) < 4.78 is 26.7. The van der Waals surface area contributed by atoms with E-state index >= 15 is 4.39 Å². The van der Waals surface area contributed by atoms with Crippen molar-refractivity contribution in [1.82, 2.24) is 34.0 Å². The van der Waals surface area contributed by atoms with E-state index in [1.165, 1.54) is 6.07 Å². The summed E-state index contributed by atoms with van der Waals surface area (Å²) in [5, 5.41) is 9.76. The van der Waals surface area contributed by atoms with Gasteiger partial charge in [-0.1, -0.05) is 0 Å². The Hall–Kier alpha value is -3.53. The molecule has 0 bridgehead atoms. The van der Waals surface area contributed by atoms with Crippen LogP contribution in [0.15, 0.2) is 24.5 Å². The number of carbonyl (C=O) groups excluding carboxylic acids is 1. The molecule has 1 amide bonds. The van der Waals surface area contributed by atoms with Gasteiger partial charge in [0.05, 0.1) is 29.6 Å². The van der Waals surface area contributed by atoms with Crippen molar-refractivity contribution in [3.05, 3.63) is 41.9 Å². The second-order valence-electron chi connectivity index (χ2n) is 9.62. The molecule has 6 rings (SSSR count). The predicted octanol–water partition coefficient (Wildman–Crippen LogP) is 3.40. The van der Waals surface area contributed by atoms with Gasteiger partial charge in [-0.05, 0) is 25.8 Å². The van der Waals surface area contributed by atoms with Crippen LogP contribution in [-0.4, -0.2) is 60.2 Å². The van der Waals surface area contributed by atoms with E-state index in [9.17, 15) is 4.79 Å². The largest absolute Gasteiger partial charge is 0.381 e. The van der Waals surface area contributed by atoms with Crippen molar-refractivity contribution in [3.8, 4) is 22.5 Å². The highest BCUT2D eigenvalue weighted by atomic mass is 19.1. The molecule has 9 nitrogen and oxygen atoms in total.